The first-order chi connectivity index (χ1) is 9.62. The summed E-state index contributed by atoms with van der Waals surface area (Å²) in [6.07, 6.45) is -1.54. The van der Waals surface area contributed by atoms with Crippen molar-refractivity contribution in [1.82, 2.24) is 4.72 Å². The molecule has 0 aliphatic heterocycles. The van der Waals surface area contributed by atoms with Crippen LogP contribution in [0.3, 0.4) is 0 Å². The largest absolute Gasteiger partial charge is 0.446 e. The van der Waals surface area contributed by atoms with Crippen LogP contribution in [0.15, 0.2) is 18.2 Å². The third-order valence-corrected chi connectivity index (χ3v) is 3.27. The maximum Gasteiger partial charge on any atom is 0.422 e. The van der Waals surface area contributed by atoms with Gasteiger partial charge in [-0.3, -0.25) is 10.1 Å². The van der Waals surface area contributed by atoms with Gasteiger partial charge in [-0.25, -0.2) is 9.52 Å². The molecule has 1 aromatic rings. The highest BCUT2D eigenvalue weighted by molar-refractivity contribution is 7.91. The molecule has 0 heterocycles. The molecule has 0 spiro atoms. The smallest absolute Gasteiger partial charge is 0.422 e. The van der Waals surface area contributed by atoms with Crippen molar-refractivity contribution in [3.05, 3.63) is 29.3 Å². The minimum Gasteiger partial charge on any atom is -0.446 e. The van der Waals surface area contributed by atoms with Crippen LogP contribution in [0.2, 0.25) is 0 Å². The van der Waals surface area contributed by atoms with Crippen LogP contribution in [0.25, 0.3) is 0 Å². The van der Waals surface area contributed by atoms with Crippen LogP contribution in [-0.4, -0.2) is 26.5 Å². The third-order valence-electron chi connectivity index (χ3n) is 2.35. The van der Waals surface area contributed by atoms with E-state index in [4.69, 9.17) is 11.1 Å². The van der Waals surface area contributed by atoms with Crippen molar-refractivity contribution in [3.8, 4) is 0 Å². The fourth-order valence-electron chi connectivity index (χ4n) is 1.63. The maximum absolute atomic E-state index is 11.8. The minimum atomic E-state index is -4.18. The number of carbonyl (C=O) groups excluding carboxylic acids is 1. The van der Waals surface area contributed by atoms with Gasteiger partial charge >= 0.3 is 16.3 Å². The second kappa shape index (κ2) is 6.44. The molecule has 21 heavy (non-hydrogen) atoms. The van der Waals surface area contributed by atoms with E-state index in [2.05, 4.69) is 9.46 Å². The van der Waals surface area contributed by atoms with Crippen molar-refractivity contribution >= 4 is 27.8 Å². The van der Waals surface area contributed by atoms with Crippen molar-refractivity contribution in [3.63, 3.8) is 0 Å². The number of ether oxygens (including phenoxy) is 1. The summed E-state index contributed by atoms with van der Waals surface area (Å²) in [5, 5.41) is 7.49. The van der Waals surface area contributed by atoms with Gasteiger partial charge in [-0.2, -0.15) is 8.42 Å². The Kier molecular flexibility index (Phi) is 5.14. The predicted molar refractivity (Wildman–Crippen MR) is 79.5 cm³/mol. The maximum atomic E-state index is 11.8. The monoisotopic (exact) mass is 314 g/mol. The second-order valence-corrected chi connectivity index (χ2v) is 5.99. The highest BCUT2D eigenvalue weighted by atomic mass is 32.2. The van der Waals surface area contributed by atoms with E-state index in [0.29, 0.717) is 5.56 Å². The summed E-state index contributed by atoms with van der Waals surface area (Å²) >= 11 is 0. The number of anilines is 1. The molecule has 5 N–H and O–H groups in total. The van der Waals surface area contributed by atoms with Gasteiger partial charge in [-0.05, 0) is 32.4 Å². The zero-order chi connectivity index (χ0) is 16.2. The van der Waals surface area contributed by atoms with E-state index in [1.54, 1.807) is 37.6 Å². The van der Waals surface area contributed by atoms with Crippen molar-refractivity contribution in [1.29, 1.82) is 5.41 Å². The molecule has 0 aromatic heterocycles. The lowest BCUT2D eigenvalue weighted by Crippen LogP contribution is -2.37. The number of carbonyl (C=O) groups is 1. The Morgan fingerprint density at radius 2 is 2.00 bits per heavy atom. The summed E-state index contributed by atoms with van der Waals surface area (Å²) in [5.74, 6) is -0.282. The van der Waals surface area contributed by atoms with Crippen LogP contribution in [0.1, 0.15) is 25.0 Å². The number of aryl methyl sites for hydroxylation is 1. The van der Waals surface area contributed by atoms with E-state index in [9.17, 15) is 13.2 Å². The lowest BCUT2D eigenvalue weighted by atomic mass is 10.1. The number of hydrogen-bond donors (Lipinski definition) is 4. The van der Waals surface area contributed by atoms with Crippen LogP contribution < -0.4 is 15.2 Å². The SMILES string of the molecule is Cc1cccc(NS(=O)(=O)NC(=O)OC(C)C)c1C(=N)N. The summed E-state index contributed by atoms with van der Waals surface area (Å²) in [6, 6.07) is 4.73. The standard InChI is InChI=1S/C12H18N4O4S/c1-7(2)20-12(17)16-21(18,19)15-9-6-4-5-8(3)10(9)11(13)14/h4-7,15H,1-3H3,(H3,13,14)(H,16,17). The number of amides is 1. The minimum absolute atomic E-state index is 0.104. The molecule has 0 atom stereocenters. The molecule has 0 radical (unpaired) electrons. The fraction of sp³-hybridized carbons (Fsp3) is 0.333. The normalized spacial score (nSPS) is 11.0. The van der Waals surface area contributed by atoms with Gasteiger partial charge in [-0.1, -0.05) is 12.1 Å². The Hall–Kier alpha value is -2.29. The summed E-state index contributed by atoms with van der Waals surface area (Å²) in [6.45, 7) is 4.87. The average molecular weight is 314 g/mol. The first kappa shape index (κ1) is 16.8. The van der Waals surface area contributed by atoms with Gasteiger partial charge in [0.05, 0.1) is 11.8 Å². The number of hydrogen-bond acceptors (Lipinski definition) is 5. The number of nitrogen functional groups attached to an aromatic ring is 1. The van der Waals surface area contributed by atoms with Crippen LogP contribution >= 0.6 is 0 Å². The Morgan fingerprint density at radius 3 is 2.52 bits per heavy atom. The molecule has 8 nitrogen and oxygen atoms in total. The van der Waals surface area contributed by atoms with E-state index in [0.717, 1.165) is 0 Å². The molecule has 1 aromatic carbocycles. The number of amidine groups is 1. The first-order valence-corrected chi connectivity index (χ1v) is 7.56. The number of nitrogens with one attached hydrogen (secondary N) is 3. The van der Waals surface area contributed by atoms with Crippen LogP contribution in [0.4, 0.5) is 10.5 Å². The van der Waals surface area contributed by atoms with Crippen molar-refractivity contribution < 1.29 is 17.9 Å². The summed E-state index contributed by atoms with van der Waals surface area (Å²) < 4.78 is 32.2. The fourth-order valence-corrected chi connectivity index (χ4v) is 2.41. The van der Waals surface area contributed by atoms with Crippen LogP contribution in [-0.2, 0) is 14.9 Å². The van der Waals surface area contributed by atoms with Gasteiger partial charge in [0.15, 0.2) is 0 Å². The summed E-state index contributed by atoms with van der Waals surface area (Å²) in [4.78, 5) is 11.3. The zero-order valence-corrected chi connectivity index (χ0v) is 12.7. The molecule has 0 aliphatic carbocycles. The Morgan fingerprint density at radius 1 is 1.38 bits per heavy atom. The topological polar surface area (TPSA) is 134 Å². The molecule has 1 rings (SSSR count). The molecule has 0 bridgehead atoms. The molecule has 0 saturated heterocycles. The first-order valence-electron chi connectivity index (χ1n) is 6.07. The highest BCUT2D eigenvalue weighted by Gasteiger charge is 2.19. The van der Waals surface area contributed by atoms with Gasteiger partial charge in [0.2, 0.25) is 0 Å². The van der Waals surface area contributed by atoms with E-state index in [1.165, 1.54) is 6.07 Å². The molecule has 9 heteroatoms. The Balaban J connectivity index is 2.98. The number of benzene rings is 1. The predicted octanol–water partition coefficient (Wildman–Crippen LogP) is 1.07. The van der Waals surface area contributed by atoms with Crippen molar-refractivity contribution in [2.24, 2.45) is 5.73 Å². The molecule has 0 fully saturated rings. The van der Waals surface area contributed by atoms with Crippen LogP contribution in [0.5, 0.6) is 0 Å². The third kappa shape index (κ3) is 4.95. The Bertz CT molecular complexity index is 655. The second-order valence-electron chi connectivity index (χ2n) is 4.57. The Labute approximate surface area is 123 Å². The molecule has 116 valence electrons. The van der Waals surface area contributed by atoms with Crippen LogP contribution in [0, 0.1) is 12.3 Å². The van der Waals surface area contributed by atoms with E-state index >= 15 is 0 Å². The molecule has 0 saturated carbocycles. The lowest BCUT2D eigenvalue weighted by molar-refractivity contribution is 0.121. The van der Waals surface area contributed by atoms with Gasteiger partial charge in [0, 0.05) is 5.56 Å². The van der Waals surface area contributed by atoms with Gasteiger partial charge < -0.3 is 10.5 Å². The van der Waals surface area contributed by atoms with E-state index in [-0.39, 0.29) is 17.1 Å². The van der Waals surface area contributed by atoms with Crippen molar-refractivity contribution in [2.75, 3.05) is 4.72 Å². The van der Waals surface area contributed by atoms with E-state index < -0.39 is 22.4 Å². The van der Waals surface area contributed by atoms with Crippen molar-refractivity contribution in [2.45, 2.75) is 26.9 Å². The van der Waals surface area contributed by atoms with Gasteiger partial charge in [0.25, 0.3) is 0 Å². The average Bonchev–Trinajstić information content (AvgIpc) is 2.24. The van der Waals surface area contributed by atoms with Gasteiger partial charge in [0.1, 0.15) is 5.84 Å². The molecular weight excluding hydrogens is 296 g/mol. The molecule has 0 unspecified atom stereocenters. The van der Waals surface area contributed by atoms with E-state index in [1.807, 2.05) is 0 Å². The number of nitrogens with two attached hydrogens (primary N) is 1. The highest BCUT2D eigenvalue weighted by Crippen LogP contribution is 2.19. The summed E-state index contributed by atoms with van der Waals surface area (Å²) in [5.41, 5.74) is 6.42. The molecule has 1 amide bonds. The van der Waals surface area contributed by atoms with Gasteiger partial charge in [-0.15, -0.1) is 0 Å². The summed E-state index contributed by atoms with van der Waals surface area (Å²) in [7, 11) is -4.18. The lowest BCUT2D eigenvalue weighted by Gasteiger charge is -2.14. The molecule has 0 aliphatic rings. The zero-order valence-electron chi connectivity index (χ0n) is 11.9. The number of rotatable bonds is 5. The quantitative estimate of drug-likeness (QED) is 0.476. The molecular formula is C12H18N4O4S.